The summed E-state index contributed by atoms with van der Waals surface area (Å²) in [5.41, 5.74) is 5.52. The minimum Gasteiger partial charge on any atom is -0.486 e. The first-order valence-corrected chi connectivity index (χ1v) is 10.1. The van der Waals surface area contributed by atoms with Gasteiger partial charge in [-0.25, -0.2) is 0 Å². The number of aryl methyl sites for hydroxylation is 2. The zero-order valence-electron chi connectivity index (χ0n) is 15.2. The largest absolute Gasteiger partial charge is 0.486 e. The van der Waals surface area contributed by atoms with E-state index in [4.69, 9.17) is 27.9 Å². The van der Waals surface area contributed by atoms with Gasteiger partial charge in [-0.1, -0.05) is 69.0 Å². The molecule has 0 bridgehead atoms. The summed E-state index contributed by atoms with van der Waals surface area (Å²) in [4.78, 5) is 0. The van der Waals surface area contributed by atoms with Gasteiger partial charge >= 0.3 is 0 Å². The lowest BCUT2D eigenvalue weighted by molar-refractivity contribution is 0.306. The minimum absolute atomic E-state index is 0.426. The number of anilines is 1. The lowest BCUT2D eigenvalue weighted by Crippen LogP contribution is -2.02. The van der Waals surface area contributed by atoms with Crippen LogP contribution in [0.15, 0.2) is 59.1 Å². The number of hydrogen-bond donors (Lipinski definition) is 1. The topological polar surface area (TPSA) is 21.3 Å². The Morgan fingerprint density at radius 3 is 2.19 bits per heavy atom. The van der Waals surface area contributed by atoms with Gasteiger partial charge in [-0.3, -0.25) is 0 Å². The van der Waals surface area contributed by atoms with E-state index in [0.717, 1.165) is 21.3 Å². The lowest BCUT2D eigenvalue weighted by Gasteiger charge is -2.14. The Labute approximate surface area is 178 Å². The highest BCUT2D eigenvalue weighted by Crippen LogP contribution is 2.35. The molecular weight excluding hydrogens is 445 g/mol. The Kier molecular flexibility index (Phi) is 6.69. The number of nitrogens with one attached hydrogen (secondary N) is 1. The van der Waals surface area contributed by atoms with E-state index in [-0.39, 0.29) is 0 Å². The van der Waals surface area contributed by atoms with E-state index in [1.807, 2.05) is 36.4 Å². The van der Waals surface area contributed by atoms with Crippen molar-refractivity contribution in [3.8, 4) is 5.75 Å². The summed E-state index contributed by atoms with van der Waals surface area (Å²) in [6.45, 7) is 5.17. The predicted octanol–water partition coefficient (Wildman–Crippen LogP) is 7.56. The molecule has 0 atom stereocenters. The maximum absolute atomic E-state index is 6.42. The second kappa shape index (κ2) is 9.01. The molecule has 3 rings (SSSR count). The van der Waals surface area contributed by atoms with E-state index < -0.39 is 0 Å². The van der Waals surface area contributed by atoms with E-state index in [1.54, 1.807) is 0 Å². The van der Waals surface area contributed by atoms with Crippen molar-refractivity contribution in [3.63, 3.8) is 0 Å². The maximum atomic E-state index is 6.42. The van der Waals surface area contributed by atoms with E-state index in [9.17, 15) is 0 Å². The Balaban J connectivity index is 1.67. The predicted molar refractivity (Wildman–Crippen MR) is 118 cm³/mol. The second-order valence-corrected chi connectivity index (χ2v) is 8.21. The first-order chi connectivity index (χ1) is 12.9. The number of benzene rings is 3. The third-order valence-electron chi connectivity index (χ3n) is 4.23. The molecule has 0 unspecified atom stereocenters. The van der Waals surface area contributed by atoms with Crippen LogP contribution < -0.4 is 10.1 Å². The molecule has 0 aliphatic heterocycles. The molecule has 0 amide bonds. The third-order valence-corrected chi connectivity index (χ3v) is 5.29. The highest BCUT2D eigenvalue weighted by Gasteiger charge is 2.11. The first kappa shape index (κ1) is 20.1. The molecule has 0 saturated carbocycles. The van der Waals surface area contributed by atoms with Crippen molar-refractivity contribution in [2.45, 2.75) is 27.0 Å². The number of ether oxygens (including phenoxy) is 1. The maximum Gasteiger partial charge on any atom is 0.156 e. The standard InChI is InChI=1S/C22H20BrCl2NO/c1-14-3-5-16(6-4-14)13-27-22-19(24)10-17(11-20(22)25)12-26-21-8-7-18(23)9-15(21)2/h3-11,26H,12-13H2,1-2H3. The molecule has 1 N–H and O–H groups in total. The van der Waals surface area contributed by atoms with Crippen LogP contribution in [-0.4, -0.2) is 0 Å². The third kappa shape index (κ3) is 5.41. The fourth-order valence-corrected chi connectivity index (χ4v) is 3.83. The summed E-state index contributed by atoms with van der Waals surface area (Å²) in [5, 5.41) is 4.44. The summed E-state index contributed by atoms with van der Waals surface area (Å²) in [6, 6.07) is 18.1. The highest BCUT2D eigenvalue weighted by molar-refractivity contribution is 9.10. The molecule has 0 aliphatic carbocycles. The van der Waals surface area contributed by atoms with Crippen LogP contribution in [0.4, 0.5) is 5.69 Å². The van der Waals surface area contributed by atoms with Crippen molar-refractivity contribution in [2.75, 3.05) is 5.32 Å². The van der Waals surface area contributed by atoms with Crippen molar-refractivity contribution in [3.05, 3.63) is 91.4 Å². The van der Waals surface area contributed by atoms with Crippen molar-refractivity contribution >= 4 is 44.8 Å². The van der Waals surface area contributed by atoms with Gasteiger partial charge in [-0.05, 0) is 60.9 Å². The molecule has 0 fully saturated rings. The molecule has 0 aromatic heterocycles. The van der Waals surface area contributed by atoms with Gasteiger partial charge in [0.05, 0.1) is 10.0 Å². The molecule has 3 aromatic rings. The van der Waals surface area contributed by atoms with Crippen LogP contribution in [0, 0.1) is 13.8 Å². The zero-order valence-corrected chi connectivity index (χ0v) is 18.3. The van der Waals surface area contributed by atoms with Crippen molar-refractivity contribution in [1.82, 2.24) is 0 Å². The molecule has 0 radical (unpaired) electrons. The molecule has 0 heterocycles. The molecule has 140 valence electrons. The van der Waals surface area contributed by atoms with Crippen LogP contribution in [0.2, 0.25) is 10.0 Å². The summed E-state index contributed by atoms with van der Waals surface area (Å²) < 4.78 is 6.92. The van der Waals surface area contributed by atoms with Crippen LogP contribution in [-0.2, 0) is 13.2 Å². The van der Waals surface area contributed by atoms with Crippen LogP contribution in [0.25, 0.3) is 0 Å². The van der Waals surface area contributed by atoms with Crippen molar-refractivity contribution in [1.29, 1.82) is 0 Å². The zero-order chi connectivity index (χ0) is 19.4. The Morgan fingerprint density at radius 2 is 1.56 bits per heavy atom. The molecule has 0 aliphatic rings. The van der Waals surface area contributed by atoms with E-state index >= 15 is 0 Å². The second-order valence-electron chi connectivity index (χ2n) is 6.48. The van der Waals surface area contributed by atoms with Gasteiger partial charge in [0.2, 0.25) is 0 Å². The van der Waals surface area contributed by atoms with Gasteiger partial charge in [-0.2, -0.15) is 0 Å². The average molecular weight is 465 g/mol. The number of halogens is 3. The van der Waals surface area contributed by atoms with Gasteiger partial charge in [0, 0.05) is 16.7 Å². The van der Waals surface area contributed by atoms with E-state index in [1.165, 1.54) is 11.1 Å². The van der Waals surface area contributed by atoms with Crippen LogP contribution in [0.3, 0.4) is 0 Å². The highest BCUT2D eigenvalue weighted by atomic mass is 79.9. The summed E-state index contributed by atoms with van der Waals surface area (Å²) >= 11 is 16.3. The van der Waals surface area contributed by atoms with E-state index in [2.05, 4.69) is 53.3 Å². The van der Waals surface area contributed by atoms with Crippen LogP contribution in [0.5, 0.6) is 5.75 Å². The van der Waals surface area contributed by atoms with Gasteiger partial charge in [0.1, 0.15) is 6.61 Å². The van der Waals surface area contributed by atoms with Crippen LogP contribution in [0.1, 0.15) is 22.3 Å². The van der Waals surface area contributed by atoms with Gasteiger partial charge in [0.25, 0.3) is 0 Å². The fraction of sp³-hybridized carbons (Fsp3) is 0.182. The quantitative estimate of drug-likeness (QED) is 0.406. The van der Waals surface area contributed by atoms with Crippen LogP contribution >= 0.6 is 39.1 Å². The molecule has 2 nitrogen and oxygen atoms in total. The molecule has 0 saturated heterocycles. The first-order valence-electron chi connectivity index (χ1n) is 8.58. The molecule has 5 heteroatoms. The summed E-state index contributed by atoms with van der Waals surface area (Å²) in [6.07, 6.45) is 0. The molecule has 3 aromatic carbocycles. The fourth-order valence-electron chi connectivity index (χ4n) is 2.71. The van der Waals surface area contributed by atoms with Crippen molar-refractivity contribution < 1.29 is 4.74 Å². The Morgan fingerprint density at radius 1 is 0.889 bits per heavy atom. The smallest absolute Gasteiger partial charge is 0.156 e. The Hall–Kier alpha value is -1.68. The number of hydrogen-bond acceptors (Lipinski definition) is 2. The van der Waals surface area contributed by atoms with Gasteiger partial charge in [-0.15, -0.1) is 0 Å². The monoisotopic (exact) mass is 463 g/mol. The lowest BCUT2D eigenvalue weighted by atomic mass is 10.1. The van der Waals surface area contributed by atoms with Gasteiger partial charge < -0.3 is 10.1 Å². The SMILES string of the molecule is Cc1ccc(COc2c(Cl)cc(CNc3ccc(Br)cc3C)cc2Cl)cc1. The van der Waals surface area contributed by atoms with E-state index in [0.29, 0.717) is 28.9 Å². The minimum atomic E-state index is 0.426. The Bertz CT molecular complexity index is 919. The van der Waals surface area contributed by atoms with Crippen molar-refractivity contribution in [2.24, 2.45) is 0 Å². The molecular formula is C22H20BrCl2NO. The summed E-state index contributed by atoms with van der Waals surface area (Å²) in [7, 11) is 0. The number of rotatable bonds is 6. The molecule has 0 spiro atoms. The normalized spacial score (nSPS) is 10.7. The van der Waals surface area contributed by atoms with Gasteiger partial charge in [0.15, 0.2) is 5.75 Å². The molecule has 27 heavy (non-hydrogen) atoms. The summed E-state index contributed by atoms with van der Waals surface area (Å²) in [5.74, 6) is 0.516. The average Bonchev–Trinajstić information content (AvgIpc) is 2.62.